The molecule has 0 saturated carbocycles. The van der Waals surface area contributed by atoms with Crippen LogP contribution in [0.25, 0.3) is 5.69 Å². The Morgan fingerprint density at radius 1 is 1.24 bits per heavy atom. The van der Waals surface area contributed by atoms with Crippen LogP contribution in [0.15, 0.2) is 42.6 Å². The zero-order valence-corrected chi connectivity index (χ0v) is 14.7. The van der Waals surface area contributed by atoms with Crippen LogP contribution < -0.4 is 5.32 Å². The number of halogens is 1. The van der Waals surface area contributed by atoms with Crippen molar-refractivity contribution >= 4 is 5.91 Å². The third-order valence-corrected chi connectivity index (χ3v) is 4.94. The van der Waals surface area contributed by atoms with Crippen LogP contribution in [0, 0.1) is 5.82 Å². The van der Waals surface area contributed by atoms with Crippen LogP contribution in [0.4, 0.5) is 4.39 Å². The summed E-state index contributed by atoms with van der Waals surface area (Å²) >= 11 is 0. The summed E-state index contributed by atoms with van der Waals surface area (Å²) in [5.74, 6) is -0.242. The van der Waals surface area contributed by atoms with Crippen LogP contribution in [0.5, 0.6) is 0 Å². The Bertz CT molecular complexity index is 695. The van der Waals surface area contributed by atoms with Crippen LogP contribution in [-0.4, -0.2) is 41.1 Å². The highest BCUT2D eigenvalue weighted by atomic mass is 19.1. The minimum absolute atomic E-state index is 0.0201. The van der Waals surface area contributed by atoms with E-state index < -0.39 is 0 Å². The van der Waals surface area contributed by atoms with Gasteiger partial charge in [0, 0.05) is 36.7 Å². The van der Waals surface area contributed by atoms with E-state index in [9.17, 15) is 9.18 Å². The van der Waals surface area contributed by atoms with E-state index in [2.05, 4.69) is 17.1 Å². The Labute approximate surface area is 148 Å². The van der Waals surface area contributed by atoms with Crippen molar-refractivity contribution in [3.8, 4) is 5.69 Å². The highest BCUT2D eigenvalue weighted by molar-refractivity contribution is 5.78. The molecule has 25 heavy (non-hydrogen) atoms. The molecular formula is C20H26FN3O. The Morgan fingerprint density at radius 3 is 2.80 bits per heavy atom. The quantitative estimate of drug-likeness (QED) is 0.875. The molecule has 1 unspecified atom stereocenters. The van der Waals surface area contributed by atoms with Gasteiger partial charge in [0.25, 0.3) is 0 Å². The molecule has 2 aromatic rings. The fourth-order valence-electron chi connectivity index (χ4n) is 3.47. The molecule has 1 aliphatic rings. The topological polar surface area (TPSA) is 37.3 Å². The first-order valence-electron chi connectivity index (χ1n) is 9.06. The number of amides is 1. The monoisotopic (exact) mass is 343 g/mol. The third-order valence-electron chi connectivity index (χ3n) is 4.94. The highest BCUT2D eigenvalue weighted by Gasteiger charge is 2.17. The molecule has 1 fully saturated rings. The summed E-state index contributed by atoms with van der Waals surface area (Å²) in [4.78, 5) is 14.7. The van der Waals surface area contributed by atoms with Gasteiger partial charge in [-0.15, -0.1) is 0 Å². The number of benzene rings is 1. The minimum atomic E-state index is -0.262. The first-order valence-corrected chi connectivity index (χ1v) is 9.06. The molecule has 1 aromatic carbocycles. The van der Waals surface area contributed by atoms with Crippen molar-refractivity contribution in [1.82, 2.24) is 14.8 Å². The molecule has 1 amide bonds. The molecule has 4 nitrogen and oxygen atoms in total. The van der Waals surface area contributed by atoms with Crippen LogP contribution in [0.1, 0.15) is 31.9 Å². The predicted molar refractivity (Wildman–Crippen MR) is 97.3 cm³/mol. The van der Waals surface area contributed by atoms with Crippen molar-refractivity contribution in [2.45, 2.75) is 38.6 Å². The zero-order chi connectivity index (χ0) is 17.6. The predicted octanol–water partition coefficient (Wildman–Crippen LogP) is 3.15. The first kappa shape index (κ1) is 17.7. The van der Waals surface area contributed by atoms with Gasteiger partial charge in [0.05, 0.1) is 6.42 Å². The molecule has 3 rings (SSSR count). The molecule has 1 aliphatic heterocycles. The summed E-state index contributed by atoms with van der Waals surface area (Å²) in [5.41, 5.74) is 1.76. The molecule has 1 aromatic heterocycles. The van der Waals surface area contributed by atoms with Crippen molar-refractivity contribution in [2.24, 2.45) is 0 Å². The van der Waals surface area contributed by atoms with E-state index in [4.69, 9.17) is 0 Å². The number of nitrogens with one attached hydrogen (secondary N) is 1. The fourth-order valence-corrected chi connectivity index (χ4v) is 3.47. The summed E-state index contributed by atoms with van der Waals surface area (Å²) in [6, 6.07) is 10.7. The maximum absolute atomic E-state index is 13.1. The molecule has 0 radical (unpaired) electrons. The Kier molecular flexibility index (Phi) is 5.87. The van der Waals surface area contributed by atoms with Gasteiger partial charge in [0.1, 0.15) is 5.82 Å². The number of carbonyl (C=O) groups is 1. The number of hydrogen-bond donors (Lipinski definition) is 1. The van der Waals surface area contributed by atoms with Gasteiger partial charge in [0.15, 0.2) is 0 Å². The van der Waals surface area contributed by atoms with Crippen molar-refractivity contribution in [1.29, 1.82) is 0 Å². The number of carbonyl (C=O) groups excluding carboxylic acids is 1. The van der Waals surface area contributed by atoms with E-state index in [1.54, 1.807) is 12.1 Å². The summed E-state index contributed by atoms with van der Waals surface area (Å²) in [7, 11) is 0. The molecule has 1 N–H and O–H groups in total. The molecular weight excluding hydrogens is 317 g/mol. The lowest BCUT2D eigenvalue weighted by molar-refractivity contribution is -0.120. The molecule has 0 spiro atoms. The van der Waals surface area contributed by atoms with E-state index in [1.165, 1.54) is 31.4 Å². The molecule has 0 bridgehead atoms. The van der Waals surface area contributed by atoms with Gasteiger partial charge in [-0.1, -0.05) is 6.42 Å². The lowest BCUT2D eigenvalue weighted by atomic mass is 10.0. The van der Waals surface area contributed by atoms with E-state index in [0.29, 0.717) is 19.0 Å². The fraction of sp³-hybridized carbons (Fsp3) is 0.450. The minimum Gasteiger partial charge on any atom is -0.354 e. The van der Waals surface area contributed by atoms with Crippen LogP contribution in [0.2, 0.25) is 0 Å². The Balaban J connectivity index is 1.52. The van der Waals surface area contributed by atoms with Crippen molar-refractivity contribution in [3.05, 3.63) is 54.1 Å². The molecule has 134 valence electrons. The molecule has 1 atom stereocenters. The second-order valence-electron chi connectivity index (χ2n) is 6.75. The van der Waals surface area contributed by atoms with Crippen molar-refractivity contribution in [3.63, 3.8) is 0 Å². The lowest BCUT2D eigenvalue weighted by Gasteiger charge is -2.33. The number of rotatable bonds is 6. The third kappa shape index (κ3) is 4.69. The van der Waals surface area contributed by atoms with Crippen molar-refractivity contribution in [2.75, 3.05) is 19.6 Å². The van der Waals surface area contributed by atoms with Gasteiger partial charge in [0.2, 0.25) is 5.91 Å². The smallest absolute Gasteiger partial charge is 0.225 e. The van der Waals surface area contributed by atoms with Crippen LogP contribution in [-0.2, 0) is 11.2 Å². The Hall–Kier alpha value is -2.14. The lowest BCUT2D eigenvalue weighted by Crippen LogP contribution is -2.42. The molecule has 1 saturated heterocycles. The number of hydrogen-bond acceptors (Lipinski definition) is 2. The van der Waals surface area contributed by atoms with E-state index in [0.717, 1.165) is 24.5 Å². The molecule has 2 heterocycles. The standard InChI is InChI=1S/C20H26FN3O/c1-16-5-2-3-12-23(16)14-11-22-20(25)15-19-6-4-13-24(19)18-9-7-17(21)8-10-18/h4,6-10,13,16H,2-3,5,11-12,14-15H2,1H3,(H,22,25). The van der Waals surface area contributed by atoms with E-state index >= 15 is 0 Å². The molecule has 5 heteroatoms. The summed E-state index contributed by atoms with van der Waals surface area (Å²) in [6.07, 6.45) is 6.03. The van der Waals surface area contributed by atoms with Crippen LogP contribution in [0.3, 0.4) is 0 Å². The first-order chi connectivity index (χ1) is 12.1. The van der Waals surface area contributed by atoms with E-state index in [1.807, 2.05) is 22.9 Å². The largest absolute Gasteiger partial charge is 0.354 e. The number of piperidine rings is 1. The van der Waals surface area contributed by atoms with E-state index in [-0.39, 0.29) is 11.7 Å². The maximum atomic E-state index is 13.1. The maximum Gasteiger partial charge on any atom is 0.225 e. The second kappa shape index (κ2) is 8.30. The van der Waals surface area contributed by atoms with Gasteiger partial charge in [-0.3, -0.25) is 9.69 Å². The zero-order valence-electron chi connectivity index (χ0n) is 14.7. The second-order valence-corrected chi connectivity index (χ2v) is 6.75. The number of aromatic nitrogens is 1. The number of likely N-dealkylation sites (tertiary alicyclic amines) is 1. The van der Waals surface area contributed by atoms with Gasteiger partial charge >= 0.3 is 0 Å². The molecule has 0 aliphatic carbocycles. The Morgan fingerprint density at radius 2 is 2.04 bits per heavy atom. The van der Waals surface area contributed by atoms with Gasteiger partial charge < -0.3 is 9.88 Å². The van der Waals surface area contributed by atoms with Crippen LogP contribution >= 0.6 is 0 Å². The summed E-state index contributed by atoms with van der Waals surface area (Å²) in [5, 5.41) is 3.02. The van der Waals surface area contributed by atoms with Gasteiger partial charge in [-0.25, -0.2) is 4.39 Å². The normalized spacial score (nSPS) is 18.2. The summed E-state index contributed by atoms with van der Waals surface area (Å²) in [6.45, 7) is 4.98. The number of nitrogens with zero attached hydrogens (tertiary/aromatic N) is 2. The van der Waals surface area contributed by atoms with Crippen molar-refractivity contribution < 1.29 is 9.18 Å². The summed E-state index contributed by atoms with van der Waals surface area (Å²) < 4.78 is 15.0. The van der Waals surface area contributed by atoms with Gasteiger partial charge in [-0.05, 0) is 62.7 Å². The highest BCUT2D eigenvalue weighted by Crippen LogP contribution is 2.16. The average Bonchev–Trinajstić information content (AvgIpc) is 3.05. The average molecular weight is 343 g/mol. The van der Waals surface area contributed by atoms with Gasteiger partial charge in [-0.2, -0.15) is 0 Å². The SMILES string of the molecule is CC1CCCCN1CCNC(=O)Cc1cccn1-c1ccc(F)cc1.